The smallest absolute Gasteiger partial charge is 0.237 e. The summed E-state index contributed by atoms with van der Waals surface area (Å²) in [5.74, 6) is 0.134. The Hall–Kier alpha value is -0.610. The Morgan fingerprint density at radius 2 is 1.87 bits per heavy atom. The van der Waals surface area contributed by atoms with Crippen molar-refractivity contribution in [2.24, 2.45) is 11.7 Å². The lowest BCUT2D eigenvalue weighted by Gasteiger charge is -2.22. The molecule has 0 aromatic heterocycles. The van der Waals surface area contributed by atoms with Crippen molar-refractivity contribution < 1.29 is 4.79 Å². The van der Waals surface area contributed by atoms with E-state index < -0.39 is 6.04 Å². The molecule has 0 aliphatic heterocycles. The topological polar surface area (TPSA) is 58.4 Å². The molecule has 0 heterocycles. The van der Waals surface area contributed by atoms with E-state index in [4.69, 9.17) is 5.73 Å². The highest BCUT2D eigenvalue weighted by Crippen LogP contribution is 1.97. The third kappa shape index (κ3) is 5.74. The molecule has 1 unspecified atom stereocenters. The number of carbonyl (C=O) groups is 1. The highest BCUT2D eigenvalue weighted by Gasteiger charge is 2.16. The number of rotatable bonds is 6. The first-order valence-electron chi connectivity index (χ1n) is 5.59. The van der Waals surface area contributed by atoms with Crippen molar-refractivity contribution in [3.05, 3.63) is 0 Å². The molecule has 90 valence electrons. The molecule has 3 N–H and O–H groups in total. The van der Waals surface area contributed by atoms with Crippen LogP contribution in [-0.2, 0) is 4.79 Å². The van der Waals surface area contributed by atoms with Crippen LogP contribution >= 0.6 is 0 Å². The van der Waals surface area contributed by atoms with Crippen molar-refractivity contribution in [1.82, 2.24) is 10.2 Å². The van der Waals surface area contributed by atoms with E-state index in [9.17, 15) is 4.79 Å². The van der Waals surface area contributed by atoms with Crippen molar-refractivity contribution in [2.45, 2.75) is 39.8 Å². The van der Waals surface area contributed by atoms with Crippen LogP contribution in [0.25, 0.3) is 0 Å². The first kappa shape index (κ1) is 14.4. The van der Waals surface area contributed by atoms with Crippen LogP contribution in [0.15, 0.2) is 0 Å². The summed E-state index contributed by atoms with van der Waals surface area (Å²) in [4.78, 5) is 13.7. The van der Waals surface area contributed by atoms with Crippen LogP contribution in [-0.4, -0.2) is 43.0 Å². The molecule has 1 amide bonds. The van der Waals surface area contributed by atoms with Crippen LogP contribution in [0.2, 0.25) is 0 Å². The van der Waals surface area contributed by atoms with Crippen molar-refractivity contribution in [3.8, 4) is 0 Å². The number of nitrogens with one attached hydrogen (secondary N) is 1. The second-order valence-corrected chi connectivity index (χ2v) is 4.64. The van der Waals surface area contributed by atoms with Gasteiger partial charge in [-0.2, -0.15) is 0 Å². The lowest BCUT2D eigenvalue weighted by molar-refractivity contribution is -0.123. The fourth-order valence-corrected chi connectivity index (χ4v) is 1.03. The lowest BCUT2D eigenvalue weighted by Crippen LogP contribution is -2.46. The molecule has 0 radical (unpaired) electrons. The number of hydrogen-bond acceptors (Lipinski definition) is 3. The number of carbonyl (C=O) groups excluding carboxylic acids is 1. The molecular weight excluding hydrogens is 190 g/mol. The standard InChI is InChI=1S/C11H25N3O/c1-8(2)10(12)11(15)13-6-7-14(5)9(3)4/h8-10H,6-7,12H2,1-5H3,(H,13,15). The highest BCUT2D eigenvalue weighted by molar-refractivity contribution is 5.81. The van der Waals surface area contributed by atoms with Gasteiger partial charge >= 0.3 is 0 Å². The van der Waals surface area contributed by atoms with Crippen LogP contribution in [0.3, 0.4) is 0 Å². The lowest BCUT2D eigenvalue weighted by atomic mass is 10.1. The summed E-state index contributed by atoms with van der Waals surface area (Å²) in [5.41, 5.74) is 5.71. The van der Waals surface area contributed by atoms with Crippen LogP contribution in [0, 0.1) is 5.92 Å². The van der Waals surface area contributed by atoms with E-state index >= 15 is 0 Å². The quantitative estimate of drug-likeness (QED) is 0.675. The van der Waals surface area contributed by atoms with Crippen molar-refractivity contribution in [1.29, 1.82) is 0 Å². The van der Waals surface area contributed by atoms with Crippen LogP contribution in [0.5, 0.6) is 0 Å². The number of amides is 1. The van der Waals surface area contributed by atoms with E-state index in [2.05, 4.69) is 24.1 Å². The van der Waals surface area contributed by atoms with E-state index in [-0.39, 0.29) is 11.8 Å². The molecule has 0 aromatic carbocycles. The molecule has 0 rings (SSSR count). The highest BCUT2D eigenvalue weighted by atomic mass is 16.2. The molecule has 0 aliphatic carbocycles. The summed E-state index contributed by atoms with van der Waals surface area (Å²) in [5, 5.41) is 2.84. The van der Waals surface area contributed by atoms with Gasteiger partial charge < -0.3 is 16.0 Å². The molecule has 0 aliphatic rings. The second kappa shape index (κ2) is 6.80. The summed E-state index contributed by atoms with van der Waals surface area (Å²) in [6, 6.07) is 0.107. The molecule has 4 heteroatoms. The Balaban J connectivity index is 3.73. The summed E-state index contributed by atoms with van der Waals surface area (Å²) in [6.07, 6.45) is 0. The first-order chi connectivity index (χ1) is 6.86. The van der Waals surface area contributed by atoms with Crippen LogP contribution < -0.4 is 11.1 Å². The molecule has 0 saturated carbocycles. The Labute approximate surface area is 93.2 Å². The fraction of sp³-hybridized carbons (Fsp3) is 0.909. The third-order valence-electron chi connectivity index (χ3n) is 2.67. The first-order valence-corrected chi connectivity index (χ1v) is 5.59. The Bertz CT molecular complexity index is 192. The summed E-state index contributed by atoms with van der Waals surface area (Å²) in [7, 11) is 2.04. The van der Waals surface area contributed by atoms with Gasteiger partial charge in [0.2, 0.25) is 5.91 Å². The van der Waals surface area contributed by atoms with Crippen molar-refractivity contribution in [2.75, 3.05) is 20.1 Å². The molecular formula is C11H25N3O. The largest absolute Gasteiger partial charge is 0.353 e. The van der Waals surface area contributed by atoms with Gasteiger partial charge in [-0.15, -0.1) is 0 Å². The fourth-order valence-electron chi connectivity index (χ4n) is 1.03. The van der Waals surface area contributed by atoms with E-state index in [1.807, 2.05) is 20.9 Å². The molecule has 4 nitrogen and oxygen atoms in total. The second-order valence-electron chi connectivity index (χ2n) is 4.64. The van der Waals surface area contributed by atoms with Gasteiger partial charge in [-0.05, 0) is 26.8 Å². The van der Waals surface area contributed by atoms with Gasteiger partial charge in [0.15, 0.2) is 0 Å². The maximum Gasteiger partial charge on any atom is 0.237 e. The molecule has 0 fully saturated rings. The van der Waals surface area contributed by atoms with Crippen LogP contribution in [0.4, 0.5) is 0 Å². The van der Waals surface area contributed by atoms with Gasteiger partial charge in [0, 0.05) is 19.1 Å². The minimum Gasteiger partial charge on any atom is -0.353 e. The number of likely N-dealkylation sites (N-methyl/N-ethyl adjacent to an activating group) is 1. The zero-order chi connectivity index (χ0) is 12.0. The predicted molar refractivity (Wildman–Crippen MR) is 63.6 cm³/mol. The monoisotopic (exact) mass is 215 g/mol. The van der Waals surface area contributed by atoms with Gasteiger partial charge in [0.05, 0.1) is 6.04 Å². The molecule has 0 spiro atoms. The summed E-state index contributed by atoms with van der Waals surface area (Å²) >= 11 is 0. The zero-order valence-corrected chi connectivity index (χ0v) is 10.6. The number of nitrogens with zero attached hydrogens (tertiary/aromatic N) is 1. The molecule has 1 atom stereocenters. The Kier molecular flexibility index (Phi) is 6.52. The maximum atomic E-state index is 11.5. The summed E-state index contributed by atoms with van der Waals surface area (Å²) < 4.78 is 0. The average Bonchev–Trinajstić information content (AvgIpc) is 2.15. The van der Waals surface area contributed by atoms with Crippen molar-refractivity contribution >= 4 is 5.91 Å². The number of hydrogen-bond donors (Lipinski definition) is 2. The van der Waals surface area contributed by atoms with Gasteiger partial charge in [-0.1, -0.05) is 13.8 Å². The van der Waals surface area contributed by atoms with Crippen LogP contribution in [0.1, 0.15) is 27.7 Å². The third-order valence-corrected chi connectivity index (χ3v) is 2.67. The van der Waals surface area contributed by atoms with E-state index in [0.717, 1.165) is 6.54 Å². The zero-order valence-electron chi connectivity index (χ0n) is 10.6. The average molecular weight is 215 g/mol. The Morgan fingerprint density at radius 3 is 2.27 bits per heavy atom. The van der Waals surface area contributed by atoms with Gasteiger partial charge in [-0.25, -0.2) is 0 Å². The minimum absolute atomic E-state index is 0.0536. The van der Waals surface area contributed by atoms with E-state index in [1.54, 1.807) is 0 Å². The van der Waals surface area contributed by atoms with Gasteiger partial charge in [0.25, 0.3) is 0 Å². The predicted octanol–water partition coefficient (Wildman–Crippen LogP) is 0.426. The maximum absolute atomic E-state index is 11.5. The molecule has 0 bridgehead atoms. The molecule has 15 heavy (non-hydrogen) atoms. The minimum atomic E-state index is -0.394. The van der Waals surface area contributed by atoms with Gasteiger partial charge in [0.1, 0.15) is 0 Å². The Morgan fingerprint density at radius 1 is 1.33 bits per heavy atom. The van der Waals surface area contributed by atoms with E-state index in [0.29, 0.717) is 12.6 Å². The SMILES string of the molecule is CC(C)C(N)C(=O)NCCN(C)C(C)C. The number of nitrogens with two attached hydrogens (primary N) is 1. The normalized spacial score (nSPS) is 13.7. The van der Waals surface area contributed by atoms with Gasteiger partial charge in [-0.3, -0.25) is 4.79 Å². The molecule has 0 aromatic rings. The van der Waals surface area contributed by atoms with Crippen molar-refractivity contribution in [3.63, 3.8) is 0 Å². The summed E-state index contributed by atoms with van der Waals surface area (Å²) in [6.45, 7) is 9.67. The van der Waals surface area contributed by atoms with E-state index in [1.165, 1.54) is 0 Å². The molecule has 0 saturated heterocycles.